The van der Waals surface area contributed by atoms with Crippen molar-refractivity contribution in [1.82, 2.24) is 0 Å². The van der Waals surface area contributed by atoms with Crippen molar-refractivity contribution in [1.29, 1.82) is 0 Å². The molecular weight excluding hydrogens is 176 g/mol. The average molecular weight is 190 g/mol. The summed E-state index contributed by atoms with van der Waals surface area (Å²) in [4.78, 5) is 21.8. The van der Waals surface area contributed by atoms with Crippen molar-refractivity contribution in [3.63, 3.8) is 0 Å². The van der Waals surface area contributed by atoms with Crippen molar-refractivity contribution in [2.24, 2.45) is 0 Å². The van der Waals surface area contributed by atoms with E-state index in [1.54, 1.807) is 0 Å². The van der Waals surface area contributed by atoms with Gasteiger partial charge in [-0.1, -0.05) is 0 Å². The lowest BCUT2D eigenvalue weighted by molar-refractivity contribution is -0.181. The molecule has 0 bridgehead atoms. The van der Waals surface area contributed by atoms with Crippen molar-refractivity contribution in [3.8, 4) is 0 Å². The van der Waals surface area contributed by atoms with Gasteiger partial charge in [0, 0.05) is 0 Å². The van der Waals surface area contributed by atoms with Crippen LogP contribution in [0, 0.1) is 0 Å². The molecule has 0 aliphatic carbocycles. The fourth-order valence-electron chi connectivity index (χ4n) is 0.334. The summed E-state index contributed by atoms with van der Waals surface area (Å²) >= 11 is 0. The summed E-state index contributed by atoms with van der Waals surface area (Å²) in [5, 5.41) is 18.2. The zero-order valence-corrected chi connectivity index (χ0v) is 8.12. The van der Waals surface area contributed by atoms with Crippen LogP contribution >= 0.6 is 0 Å². The summed E-state index contributed by atoms with van der Waals surface area (Å²) in [6.07, 6.45) is 0. The van der Waals surface area contributed by atoms with Crippen LogP contribution in [0.3, 0.4) is 0 Å². The van der Waals surface area contributed by atoms with Crippen LogP contribution in [0.1, 0.15) is 27.7 Å². The van der Waals surface area contributed by atoms with Gasteiger partial charge >= 0.3 is 11.9 Å². The fraction of sp³-hybridized carbons (Fsp3) is 0.750. The van der Waals surface area contributed by atoms with Gasteiger partial charge < -0.3 is 14.9 Å². The highest BCUT2D eigenvalue weighted by Crippen LogP contribution is 2.09. The monoisotopic (exact) mass is 190 g/mol. The van der Waals surface area contributed by atoms with Crippen molar-refractivity contribution in [2.45, 2.75) is 38.9 Å². The number of ether oxygens (including phenoxy) is 1. The number of rotatable bonds is 2. The van der Waals surface area contributed by atoms with Gasteiger partial charge in [-0.2, -0.15) is 0 Å². The van der Waals surface area contributed by atoms with Crippen molar-refractivity contribution in [3.05, 3.63) is 0 Å². The molecule has 13 heavy (non-hydrogen) atoms. The molecule has 0 aromatic rings. The lowest BCUT2D eigenvalue weighted by Crippen LogP contribution is -2.41. The Morgan fingerprint density at radius 2 is 1.15 bits per heavy atom. The minimum absolute atomic E-state index is 1.08. The number of hydrogen-bond donors (Lipinski definition) is 2. The van der Waals surface area contributed by atoms with Gasteiger partial charge in [0.15, 0.2) is 11.2 Å². The van der Waals surface area contributed by atoms with E-state index in [1.165, 1.54) is 27.7 Å². The van der Waals surface area contributed by atoms with E-state index >= 15 is 0 Å². The predicted octanol–water partition coefficient (Wildman–Crippen LogP) is -0.402. The minimum atomic E-state index is -1.74. The smallest absolute Gasteiger partial charge is 0.345 e. The highest BCUT2D eigenvalue weighted by molar-refractivity contribution is 5.92. The van der Waals surface area contributed by atoms with Gasteiger partial charge in [0.2, 0.25) is 0 Å². The number of aliphatic hydroxyl groups is 2. The first-order valence-electron chi connectivity index (χ1n) is 3.76. The Morgan fingerprint density at radius 1 is 0.923 bits per heavy atom. The summed E-state index contributed by atoms with van der Waals surface area (Å²) < 4.78 is 4.20. The predicted molar refractivity (Wildman–Crippen MR) is 43.7 cm³/mol. The van der Waals surface area contributed by atoms with E-state index < -0.39 is 23.1 Å². The lowest BCUT2D eigenvalue weighted by atomic mass is 10.1. The summed E-state index contributed by atoms with van der Waals surface area (Å²) in [5.41, 5.74) is -3.47. The molecule has 0 rings (SSSR count). The Labute approximate surface area is 76.3 Å². The molecule has 0 saturated heterocycles. The Balaban J connectivity index is 4.34. The standard InChI is InChI=1S/C8H14O5/c1-7(2,11)5(9)13-6(10)8(3,4)12/h11-12H,1-4H3. The van der Waals surface area contributed by atoms with Crippen molar-refractivity contribution < 1.29 is 24.5 Å². The van der Waals surface area contributed by atoms with Gasteiger partial charge in [0.1, 0.15) is 0 Å². The molecule has 0 aromatic carbocycles. The lowest BCUT2D eigenvalue weighted by Gasteiger charge is -2.18. The van der Waals surface area contributed by atoms with Crippen LogP contribution in [0.25, 0.3) is 0 Å². The van der Waals surface area contributed by atoms with Crippen LogP contribution in [0.2, 0.25) is 0 Å². The maximum Gasteiger partial charge on any atom is 0.345 e. The maximum absolute atomic E-state index is 10.9. The molecule has 0 amide bonds. The molecule has 0 fully saturated rings. The number of carbonyl (C=O) groups is 2. The Kier molecular flexibility index (Phi) is 3.18. The fourth-order valence-corrected chi connectivity index (χ4v) is 0.334. The summed E-state index contributed by atoms with van der Waals surface area (Å²) in [7, 11) is 0. The van der Waals surface area contributed by atoms with Gasteiger partial charge in [0.25, 0.3) is 0 Å². The molecule has 0 aromatic heterocycles. The van der Waals surface area contributed by atoms with Crippen molar-refractivity contribution >= 4 is 11.9 Å². The summed E-state index contributed by atoms with van der Waals surface area (Å²) in [6.45, 7) is 4.75. The summed E-state index contributed by atoms with van der Waals surface area (Å²) in [6, 6.07) is 0. The van der Waals surface area contributed by atoms with Crippen LogP contribution in [0.15, 0.2) is 0 Å². The molecule has 5 nitrogen and oxygen atoms in total. The zero-order valence-electron chi connectivity index (χ0n) is 8.12. The molecular formula is C8H14O5. The zero-order chi connectivity index (χ0) is 10.9. The largest absolute Gasteiger partial charge is 0.389 e. The van der Waals surface area contributed by atoms with E-state index in [4.69, 9.17) is 10.2 Å². The van der Waals surface area contributed by atoms with Crippen LogP contribution in [-0.2, 0) is 14.3 Å². The van der Waals surface area contributed by atoms with Gasteiger partial charge in [-0.3, -0.25) is 0 Å². The van der Waals surface area contributed by atoms with Crippen LogP contribution < -0.4 is 0 Å². The molecule has 76 valence electrons. The molecule has 0 unspecified atom stereocenters. The molecule has 5 heteroatoms. The third-order valence-corrected chi connectivity index (χ3v) is 1.18. The van der Waals surface area contributed by atoms with Gasteiger partial charge in [-0.15, -0.1) is 0 Å². The van der Waals surface area contributed by atoms with E-state index in [2.05, 4.69) is 4.74 Å². The second-order valence-corrected chi connectivity index (χ2v) is 3.80. The topological polar surface area (TPSA) is 83.8 Å². The Morgan fingerprint density at radius 3 is 1.31 bits per heavy atom. The minimum Gasteiger partial charge on any atom is -0.389 e. The molecule has 0 spiro atoms. The number of carbonyl (C=O) groups excluding carboxylic acids is 2. The SMILES string of the molecule is CC(C)(O)C(=O)OC(=O)C(C)(C)O. The Bertz CT molecular complexity index is 194. The molecule has 0 atom stereocenters. The van der Waals surface area contributed by atoms with E-state index in [0.717, 1.165) is 0 Å². The van der Waals surface area contributed by atoms with Gasteiger partial charge in [-0.25, -0.2) is 9.59 Å². The average Bonchev–Trinajstić information content (AvgIpc) is 1.82. The first-order chi connectivity index (χ1) is 5.55. The molecule has 0 saturated carbocycles. The van der Waals surface area contributed by atoms with E-state index in [0.29, 0.717) is 0 Å². The third kappa shape index (κ3) is 4.00. The van der Waals surface area contributed by atoms with E-state index in [1.807, 2.05) is 0 Å². The first-order valence-corrected chi connectivity index (χ1v) is 3.76. The van der Waals surface area contributed by atoms with Crippen LogP contribution in [0.4, 0.5) is 0 Å². The highest BCUT2D eigenvalue weighted by atomic mass is 16.6. The second-order valence-electron chi connectivity index (χ2n) is 3.80. The van der Waals surface area contributed by atoms with Gasteiger partial charge in [0.05, 0.1) is 0 Å². The second kappa shape index (κ2) is 3.43. The Hall–Kier alpha value is -0.940. The van der Waals surface area contributed by atoms with Crippen LogP contribution in [-0.4, -0.2) is 33.4 Å². The van der Waals surface area contributed by atoms with Crippen LogP contribution in [0.5, 0.6) is 0 Å². The molecule has 0 aliphatic rings. The molecule has 2 N–H and O–H groups in total. The van der Waals surface area contributed by atoms with Gasteiger partial charge in [-0.05, 0) is 27.7 Å². The quantitative estimate of drug-likeness (QED) is 0.457. The highest BCUT2D eigenvalue weighted by Gasteiger charge is 2.33. The maximum atomic E-state index is 10.9. The first kappa shape index (κ1) is 12.1. The third-order valence-electron chi connectivity index (χ3n) is 1.18. The summed E-state index contributed by atoms with van der Waals surface area (Å²) in [5.74, 6) is -2.17. The molecule has 0 radical (unpaired) electrons. The van der Waals surface area contributed by atoms with E-state index in [9.17, 15) is 9.59 Å². The molecule has 0 aliphatic heterocycles. The number of hydrogen-bond acceptors (Lipinski definition) is 5. The normalized spacial score (nSPS) is 12.5. The van der Waals surface area contributed by atoms with Crippen molar-refractivity contribution in [2.75, 3.05) is 0 Å². The number of esters is 2. The molecule has 0 heterocycles. The van der Waals surface area contributed by atoms with E-state index in [-0.39, 0.29) is 0 Å².